The highest BCUT2D eigenvalue weighted by Crippen LogP contribution is 2.27. The predicted octanol–water partition coefficient (Wildman–Crippen LogP) is 2.96. The molecule has 0 unspecified atom stereocenters. The molecule has 0 atom stereocenters. The lowest BCUT2D eigenvalue weighted by Crippen LogP contribution is -2.40. The monoisotopic (exact) mass is 375 g/mol. The fourth-order valence-electron chi connectivity index (χ4n) is 2.44. The van der Waals surface area contributed by atoms with Crippen molar-refractivity contribution in [3.8, 4) is 11.3 Å². The van der Waals surface area contributed by atoms with Gasteiger partial charge in [-0.25, -0.2) is 13.1 Å². The van der Waals surface area contributed by atoms with Crippen LogP contribution in [0.3, 0.4) is 0 Å². The van der Waals surface area contributed by atoms with Crippen molar-refractivity contribution in [2.24, 2.45) is 0 Å². The molecular formula is C19H25N3O3S. The SMILES string of the molecule is CC(C)NC(=O)c1ccnc(-c2ccccc2S(=O)(=O)NC(C)(C)C)c1. The van der Waals surface area contributed by atoms with Gasteiger partial charge >= 0.3 is 0 Å². The zero-order chi connectivity index (χ0) is 19.5. The third kappa shape index (κ3) is 5.12. The molecule has 0 saturated carbocycles. The number of hydrogen-bond acceptors (Lipinski definition) is 4. The minimum atomic E-state index is -3.74. The molecule has 0 fully saturated rings. The highest BCUT2D eigenvalue weighted by atomic mass is 32.2. The zero-order valence-corrected chi connectivity index (χ0v) is 16.5. The van der Waals surface area contributed by atoms with E-state index in [2.05, 4.69) is 15.0 Å². The maximum absolute atomic E-state index is 12.8. The Morgan fingerprint density at radius 2 is 1.77 bits per heavy atom. The average molecular weight is 375 g/mol. The van der Waals surface area contributed by atoms with Gasteiger partial charge in [-0.1, -0.05) is 18.2 Å². The molecule has 0 aliphatic heterocycles. The van der Waals surface area contributed by atoms with E-state index in [9.17, 15) is 13.2 Å². The van der Waals surface area contributed by atoms with Crippen molar-refractivity contribution in [2.45, 2.75) is 51.1 Å². The largest absolute Gasteiger partial charge is 0.350 e. The number of amides is 1. The molecule has 1 aromatic carbocycles. The van der Waals surface area contributed by atoms with Crippen LogP contribution in [0.5, 0.6) is 0 Å². The second-order valence-corrected chi connectivity index (χ2v) is 9.06. The minimum Gasteiger partial charge on any atom is -0.350 e. The predicted molar refractivity (Wildman–Crippen MR) is 102 cm³/mol. The first-order valence-electron chi connectivity index (χ1n) is 8.40. The van der Waals surface area contributed by atoms with Crippen molar-refractivity contribution in [1.29, 1.82) is 0 Å². The first kappa shape index (κ1) is 20.1. The molecule has 1 heterocycles. The van der Waals surface area contributed by atoms with Crippen molar-refractivity contribution < 1.29 is 13.2 Å². The highest BCUT2D eigenvalue weighted by molar-refractivity contribution is 7.89. The Balaban J connectivity index is 2.50. The molecule has 0 radical (unpaired) electrons. The average Bonchev–Trinajstić information content (AvgIpc) is 2.52. The number of carbonyl (C=O) groups excluding carboxylic acids is 1. The lowest BCUT2D eigenvalue weighted by Gasteiger charge is -2.21. The molecule has 140 valence electrons. The van der Waals surface area contributed by atoms with Gasteiger partial charge in [-0.2, -0.15) is 0 Å². The van der Waals surface area contributed by atoms with E-state index in [0.29, 0.717) is 16.8 Å². The first-order chi connectivity index (χ1) is 12.0. The molecule has 7 heteroatoms. The highest BCUT2D eigenvalue weighted by Gasteiger charge is 2.25. The van der Waals surface area contributed by atoms with E-state index in [-0.39, 0.29) is 16.8 Å². The molecule has 1 amide bonds. The van der Waals surface area contributed by atoms with Gasteiger partial charge in [0.1, 0.15) is 0 Å². The van der Waals surface area contributed by atoms with E-state index in [0.717, 1.165) is 0 Å². The summed E-state index contributed by atoms with van der Waals surface area (Å²) in [6.07, 6.45) is 1.51. The molecule has 0 spiro atoms. The van der Waals surface area contributed by atoms with E-state index in [1.807, 2.05) is 13.8 Å². The molecule has 2 N–H and O–H groups in total. The number of aromatic nitrogens is 1. The van der Waals surface area contributed by atoms with Gasteiger partial charge in [0.15, 0.2) is 0 Å². The van der Waals surface area contributed by atoms with E-state index >= 15 is 0 Å². The molecule has 0 saturated heterocycles. The fourth-order valence-corrected chi connectivity index (χ4v) is 4.07. The Kier molecular flexibility index (Phi) is 5.83. The number of nitrogens with one attached hydrogen (secondary N) is 2. The van der Waals surface area contributed by atoms with Crippen LogP contribution in [0.15, 0.2) is 47.5 Å². The van der Waals surface area contributed by atoms with Crippen LogP contribution in [0.1, 0.15) is 45.0 Å². The van der Waals surface area contributed by atoms with Gasteiger partial charge in [0.05, 0.1) is 10.6 Å². The molecule has 1 aromatic heterocycles. The lowest BCUT2D eigenvalue weighted by atomic mass is 10.1. The van der Waals surface area contributed by atoms with Crippen molar-refractivity contribution in [1.82, 2.24) is 15.0 Å². The normalized spacial score (nSPS) is 12.2. The smallest absolute Gasteiger partial charge is 0.251 e. The quantitative estimate of drug-likeness (QED) is 0.841. The number of carbonyl (C=O) groups is 1. The second-order valence-electron chi connectivity index (χ2n) is 7.41. The molecule has 6 nitrogen and oxygen atoms in total. The fraction of sp³-hybridized carbons (Fsp3) is 0.368. The molecule has 26 heavy (non-hydrogen) atoms. The number of benzene rings is 1. The van der Waals surface area contributed by atoms with Crippen LogP contribution in [0.2, 0.25) is 0 Å². The van der Waals surface area contributed by atoms with Gasteiger partial charge in [-0.15, -0.1) is 0 Å². The van der Waals surface area contributed by atoms with Crippen molar-refractivity contribution in [2.75, 3.05) is 0 Å². The molecule has 0 aliphatic rings. The van der Waals surface area contributed by atoms with Gasteiger partial charge in [-0.05, 0) is 52.8 Å². The van der Waals surface area contributed by atoms with Gasteiger partial charge in [-0.3, -0.25) is 9.78 Å². The molecule has 0 aliphatic carbocycles. The van der Waals surface area contributed by atoms with Crippen LogP contribution in [0.25, 0.3) is 11.3 Å². The number of pyridine rings is 1. The van der Waals surface area contributed by atoms with Crippen LogP contribution in [-0.4, -0.2) is 30.9 Å². The summed E-state index contributed by atoms with van der Waals surface area (Å²) in [6, 6.07) is 9.83. The third-order valence-corrected chi connectivity index (χ3v) is 5.15. The summed E-state index contributed by atoms with van der Waals surface area (Å²) in [7, 11) is -3.74. The van der Waals surface area contributed by atoms with Crippen molar-refractivity contribution in [3.05, 3.63) is 48.2 Å². The third-order valence-electron chi connectivity index (χ3n) is 3.33. The number of sulfonamides is 1. The summed E-state index contributed by atoms with van der Waals surface area (Å²) in [5.41, 5.74) is 0.692. The minimum absolute atomic E-state index is 0.00256. The Bertz CT molecular complexity index is 900. The van der Waals surface area contributed by atoms with E-state index in [1.165, 1.54) is 12.3 Å². The van der Waals surface area contributed by atoms with Gasteiger partial charge in [0.25, 0.3) is 5.91 Å². The van der Waals surface area contributed by atoms with E-state index < -0.39 is 15.6 Å². The van der Waals surface area contributed by atoms with Crippen LogP contribution in [0.4, 0.5) is 0 Å². The van der Waals surface area contributed by atoms with Crippen molar-refractivity contribution in [3.63, 3.8) is 0 Å². The summed E-state index contributed by atoms with van der Waals surface area (Å²) in [5.74, 6) is -0.225. The second kappa shape index (κ2) is 7.55. The Hall–Kier alpha value is -2.25. The molecule has 0 bridgehead atoms. The number of rotatable bonds is 5. The van der Waals surface area contributed by atoms with Crippen LogP contribution in [0, 0.1) is 0 Å². The standard InChI is InChI=1S/C19H25N3O3S/c1-13(2)21-18(23)14-10-11-20-16(12-14)15-8-6-7-9-17(15)26(24,25)22-19(3,4)5/h6-13,22H,1-5H3,(H,21,23). The van der Waals surface area contributed by atoms with Gasteiger partial charge in [0.2, 0.25) is 10.0 Å². The maximum Gasteiger partial charge on any atom is 0.251 e. The Morgan fingerprint density at radius 1 is 1.12 bits per heavy atom. The number of hydrogen-bond donors (Lipinski definition) is 2. The summed E-state index contributed by atoms with van der Waals surface area (Å²) >= 11 is 0. The molecule has 2 rings (SSSR count). The summed E-state index contributed by atoms with van der Waals surface area (Å²) < 4.78 is 28.2. The molecular weight excluding hydrogens is 350 g/mol. The lowest BCUT2D eigenvalue weighted by molar-refractivity contribution is 0.0943. The van der Waals surface area contributed by atoms with Crippen LogP contribution < -0.4 is 10.0 Å². The Morgan fingerprint density at radius 3 is 2.38 bits per heavy atom. The van der Waals surface area contributed by atoms with Gasteiger partial charge < -0.3 is 5.32 Å². The summed E-state index contributed by atoms with van der Waals surface area (Å²) in [6.45, 7) is 9.09. The van der Waals surface area contributed by atoms with Crippen molar-refractivity contribution >= 4 is 15.9 Å². The summed E-state index contributed by atoms with van der Waals surface area (Å²) in [5, 5.41) is 2.82. The zero-order valence-electron chi connectivity index (χ0n) is 15.7. The Labute approximate surface area is 155 Å². The maximum atomic E-state index is 12.8. The van der Waals surface area contributed by atoms with Gasteiger partial charge in [0, 0.05) is 28.9 Å². The van der Waals surface area contributed by atoms with E-state index in [1.54, 1.807) is 51.1 Å². The van der Waals surface area contributed by atoms with E-state index in [4.69, 9.17) is 0 Å². The summed E-state index contributed by atoms with van der Waals surface area (Å²) in [4.78, 5) is 16.6. The first-order valence-corrected chi connectivity index (χ1v) is 9.88. The van der Waals surface area contributed by atoms with Crippen LogP contribution >= 0.6 is 0 Å². The van der Waals surface area contributed by atoms with Crippen LogP contribution in [-0.2, 0) is 10.0 Å². The topological polar surface area (TPSA) is 88.2 Å². The number of nitrogens with zero attached hydrogens (tertiary/aromatic N) is 1. The molecule has 2 aromatic rings.